The van der Waals surface area contributed by atoms with Crippen LogP contribution in [-0.2, 0) is 27.2 Å². The van der Waals surface area contributed by atoms with Gasteiger partial charge >= 0.3 is 5.97 Å². The molecule has 0 unspecified atom stereocenters. The molecule has 0 heterocycles. The minimum Gasteiger partial charge on any atom is -0.481 e. The van der Waals surface area contributed by atoms with Gasteiger partial charge in [-0.25, -0.2) is 0 Å². The van der Waals surface area contributed by atoms with E-state index in [-0.39, 0.29) is 5.60 Å². The van der Waals surface area contributed by atoms with Crippen molar-refractivity contribution in [3.8, 4) is 0 Å². The molecule has 0 aromatic heterocycles. The van der Waals surface area contributed by atoms with Crippen LogP contribution in [0.2, 0.25) is 0 Å². The number of carbonyl (C=O) groups is 2. The molecular formula is C26H40O4. The van der Waals surface area contributed by atoms with Gasteiger partial charge in [-0.2, -0.15) is 0 Å². The molecule has 0 bridgehead atoms. The van der Waals surface area contributed by atoms with Gasteiger partial charge in [0.1, 0.15) is 5.60 Å². The highest BCUT2D eigenvalue weighted by molar-refractivity contribution is 5.73. The normalized spacial score (nSPS) is 15.1. The molecule has 1 N–H and O–H groups in total. The van der Waals surface area contributed by atoms with Crippen molar-refractivity contribution in [3.05, 3.63) is 34.4 Å². The molecule has 1 aromatic rings. The van der Waals surface area contributed by atoms with Crippen molar-refractivity contribution in [2.45, 2.75) is 110 Å². The first-order valence-corrected chi connectivity index (χ1v) is 11.6. The molecule has 1 aliphatic rings. The summed E-state index contributed by atoms with van der Waals surface area (Å²) in [6, 6.07) is 4.64. The average molecular weight is 417 g/mol. The van der Waals surface area contributed by atoms with E-state index in [1.165, 1.54) is 35.1 Å². The van der Waals surface area contributed by atoms with Crippen molar-refractivity contribution in [3.63, 3.8) is 0 Å². The Morgan fingerprint density at radius 1 is 1.03 bits per heavy atom. The van der Waals surface area contributed by atoms with Crippen molar-refractivity contribution < 1.29 is 19.4 Å². The average Bonchev–Trinajstić information content (AvgIpc) is 3.44. The Morgan fingerprint density at radius 2 is 1.60 bits per heavy atom. The van der Waals surface area contributed by atoms with Gasteiger partial charge in [0.05, 0.1) is 5.41 Å². The number of hydrogen-bond donors (Lipinski definition) is 1. The summed E-state index contributed by atoms with van der Waals surface area (Å²) in [5.74, 6) is -0.703. The monoisotopic (exact) mass is 416 g/mol. The van der Waals surface area contributed by atoms with Crippen LogP contribution in [0.5, 0.6) is 0 Å². The lowest BCUT2D eigenvalue weighted by atomic mass is 9.86. The molecule has 168 valence electrons. The maximum absolute atomic E-state index is 11.2. The van der Waals surface area contributed by atoms with E-state index >= 15 is 0 Å². The van der Waals surface area contributed by atoms with Crippen molar-refractivity contribution in [1.82, 2.24) is 0 Å². The van der Waals surface area contributed by atoms with Crippen molar-refractivity contribution in [2.75, 3.05) is 0 Å². The van der Waals surface area contributed by atoms with Crippen molar-refractivity contribution in [1.29, 1.82) is 0 Å². The third kappa shape index (κ3) is 7.45. The molecule has 0 aliphatic heterocycles. The number of carbonyl (C=O) groups excluding carboxylic acids is 1. The molecule has 1 fully saturated rings. The van der Waals surface area contributed by atoms with E-state index in [1.54, 1.807) is 0 Å². The van der Waals surface area contributed by atoms with Gasteiger partial charge in [-0.3, -0.25) is 9.59 Å². The minimum absolute atomic E-state index is 0.117. The number of carboxylic acid groups (broad SMARTS) is 1. The smallest absolute Gasteiger partial charge is 0.309 e. The number of unbranched alkanes of at least 4 members (excludes halogenated alkanes) is 4. The van der Waals surface area contributed by atoms with Crippen LogP contribution in [0, 0.1) is 19.3 Å². The molecule has 1 saturated carbocycles. The molecule has 4 nitrogen and oxygen atoms in total. The van der Waals surface area contributed by atoms with Crippen molar-refractivity contribution in [2.24, 2.45) is 5.41 Å². The molecule has 1 aromatic carbocycles. The predicted molar refractivity (Wildman–Crippen MR) is 121 cm³/mol. The molecule has 2 rings (SSSR count). The Morgan fingerprint density at radius 3 is 2.10 bits per heavy atom. The van der Waals surface area contributed by atoms with Crippen molar-refractivity contribution >= 4 is 12.4 Å². The van der Waals surface area contributed by atoms with Crippen LogP contribution in [0.3, 0.4) is 0 Å². The molecule has 0 radical (unpaired) electrons. The molecule has 0 saturated heterocycles. The fourth-order valence-corrected chi connectivity index (χ4v) is 4.31. The number of rotatable bonds is 15. The number of ether oxygens (including phenoxy) is 1. The van der Waals surface area contributed by atoms with Gasteiger partial charge in [-0.1, -0.05) is 37.0 Å². The summed E-state index contributed by atoms with van der Waals surface area (Å²) in [4.78, 5) is 21.8. The quantitative estimate of drug-likeness (QED) is 0.268. The zero-order chi connectivity index (χ0) is 22.2. The second-order valence-electron chi connectivity index (χ2n) is 9.92. The second kappa shape index (κ2) is 11.0. The number of aliphatic carboxylic acids is 1. The highest BCUT2D eigenvalue weighted by atomic mass is 16.5. The molecule has 0 atom stereocenters. The number of aryl methyl sites for hydroxylation is 3. The minimum atomic E-state index is -0.703. The fraction of sp³-hybridized carbons (Fsp3) is 0.692. The lowest BCUT2D eigenvalue weighted by Gasteiger charge is -2.18. The fourth-order valence-electron chi connectivity index (χ4n) is 4.31. The third-order valence-corrected chi connectivity index (χ3v) is 6.78. The summed E-state index contributed by atoms with van der Waals surface area (Å²) in [6.45, 7) is 8.65. The standard InChI is InChI=1S/C26H40O4/c1-20-17-22(11-7-5-9-13-25(3,4)24(28)29)21(2)23(18-20)12-8-6-10-14-26(15-16-26)30-19-27/h17-19H,5-16H2,1-4H3,(H,28,29). The number of benzene rings is 1. The molecule has 0 spiro atoms. The largest absolute Gasteiger partial charge is 0.481 e. The molecule has 1 aliphatic carbocycles. The first-order valence-electron chi connectivity index (χ1n) is 11.6. The Balaban J connectivity index is 1.74. The van der Waals surface area contributed by atoms with Crippen LogP contribution in [0.4, 0.5) is 0 Å². The Kier molecular flexibility index (Phi) is 8.93. The van der Waals surface area contributed by atoms with E-state index in [0.717, 1.165) is 64.2 Å². The highest BCUT2D eigenvalue weighted by Gasteiger charge is 2.44. The Hall–Kier alpha value is -1.84. The SMILES string of the molecule is Cc1cc(CCCCCC2(OC=O)CC2)c(C)c(CCCCCC(C)(C)C(=O)O)c1. The van der Waals surface area contributed by atoms with Gasteiger partial charge < -0.3 is 9.84 Å². The van der Waals surface area contributed by atoms with Crippen LogP contribution in [0.15, 0.2) is 12.1 Å². The van der Waals surface area contributed by atoms with E-state index in [1.807, 2.05) is 13.8 Å². The maximum Gasteiger partial charge on any atom is 0.309 e. The van der Waals surface area contributed by atoms with Crippen LogP contribution in [0.25, 0.3) is 0 Å². The van der Waals surface area contributed by atoms with Gasteiger partial charge in [0.25, 0.3) is 6.47 Å². The summed E-state index contributed by atoms with van der Waals surface area (Å²) in [7, 11) is 0. The molecule has 30 heavy (non-hydrogen) atoms. The molecule has 0 amide bonds. The summed E-state index contributed by atoms with van der Waals surface area (Å²) < 4.78 is 5.23. The van der Waals surface area contributed by atoms with E-state index < -0.39 is 11.4 Å². The topological polar surface area (TPSA) is 63.6 Å². The van der Waals surface area contributed by atoms with E-state index in [0.29, 0.717) is 6.47 Å². The van der Waals surface area contributed by atoms with E-state index in [2.05, 4.69) is 26.0 Å². The summed E-state index contributed by atoms with van der Waals surface area (Å²) in [5.41, 5.74) is 4.92. The Labute approximate surface area is 182 Å². The highest BCUT2D eigenvalue weighted by Crippen LogP contribution is 2.43. The van der Waals surface area contributed by atoms with Gasteiger partial charge in [0.15, 0.2) is 0 Å². The van der Waals surface area contributed by atoms with Crippen LogP contribution >= 0.6 is 0 Å². The second-order valence-corrected chi connectivity index (χ2v) is 9.92. The van der Waals surface area contributed by atoms with Gasteiger partial charge in [0, 0.05) is 0 Å². The first-order chi connectivity index (χ1) is 14.2. The van der Waals surface area contributed by atoms with Crippen LogP contribution in [-0.4, -0.2) is 23.1 Å². The summed E-state index contributed by atoms with van der Waals surface area (Å²) in [5, 5.41) is 9.22. The van der Waals surface area contributed by atoms with Crippen LogP contribution < -0.4 is 0 Å². The number of hydrogen-bond acceptors (Lipinski definition) is 3. The molecule has 4 heteroatoms. The first kappa shape index (κ1) is 24.4. The third-order valence-electron chi connectivity index (χ3n) is 6.78. The predicted octanol–water partition coefficient (Wildman–Crippen LogP) is 6.33. The van der Waals surface area contributed by atoms with Gasteiger partial charge in [-0.15, -0.1) is 0 Å². The number of carboxylic acids is 1. The zero-order valence-electron chi connectivity index (χ0n) is 19.4. The summed E-state index contributed by atoms with van der Waals surface area (Å²) >= 11 is 0. The van der Waals surface area contributed by atoms with Crippen LogP contribution in [0.1, 0.15) is 100 Å². The zero-order valence-corrected chi connectivity index (χ0v) is 19.4. The lowest BCUT2D eigenvalue weighted by molar-refractivity contribution is -0.147. The summed E-state index contributed by atoms with van der Waals surface area (Å²) in [6.07, 6.45) is 12.6. The Bertz CT molecular complexity index is 716. The molecular weight excluding hydrogens is 376 g/mol. The lowest BCUT2D eigenvalue weighted by Crippen LogP contribution is -2.23. The maximum atomic E-state index is 11.2. The van der Waals surface area contributed by atoms with Gasteiger partial charge in [-0.05, 0) is 102 Å². The van der Waals surface area contributed by atoms with E-state index in [4.69, 9.17) is 4.74 Å². The van der Waals surface area contributed by atoms with Gasteiger partial charge in [0.2, 0.25) is 0 Å². The van der Waals surface area contributed by atoms with E-state index in [9.17, 15) is 14.7 Å².